The second-order valence-electron chi connectivity index (χ2n) is 5.62. The fourth-order valence-corrected chi connectivity index (χ4v) is 4.12. The van der Waals surface area contributed by atoms with Crippen LogP contribution in [0.5, 0.6) is 0 Å². The highest BCUT2D eigenvalue weighted by atomic mass is 32.2. The van der Waals surface area contributed by atoms with E-state index in [1.807, 2.05) is 48.5 Å². The number of carbonyl (C=O) groups is 1. The van der Waals surface area contributed by atoms with Gasteiger partial charge in [0.25, 0.3) is 5.91 Å². The highest BCUT2D eigenvalue weighted by Gasteiger charge is 2.33. The van der Waals surface area contributed by atoms with Crippen LogP contribution in [-0.4, -0.2) is 23.3 Å². The van der Waals surface area contributed by atoms with E-state index in [-0.39, 0.29) is 5.91 Å². The number of anilines is 2. The summed E-state index contributed by atoms with van der Waals surface area (Å²) in [5, 5.41) is 0. The number of para-hydroxylation sites is 1. The van der Waals surface area contributed by atoms with Crippen molar-refractivity contribution in [1.29, 1.82) is 0 Å². The lowest BCUT2D eigenvalue weighted by molar-refractivity contribution is -0.113. The average molecular weight is 369 g/mol. The zero-order valence-corrected chi connectivity index (χ0v) is 15.9. The Morgan fingerprint density at radius 2 is 1.80 bits per heavy atom. The van der Waals surface area contributed by atoms with Gasteiger partial charge < -0.3 is 4.90 Å². The number of benzene rings is 2. The van der Waals surface area contributed by atoms with Gasteiger partial charge in [-0.05, 0) is 49.8 Å². The third-order valence-electron chi connectivity index (χ3n) is 4.10. The van der Waals surface area contributed by atoms with Gasteiger partial charge in [0.1, 0.15) is 0 Å². The molecule has 1 heterocycles. The second-order valence-corrected chi connectivity index (χ2v) is 7.30. The number of hydrogen-bond donors (Lipinski definition) is 0. The summed E-state index contributed by atoms with van der Waals surface area (Å²) in [5.74, 6) is -0.0607. The predicted molar refractivity (Wildman–Crippen MR) is 112 cm³/mol. The molecular formula is C20H20N2OS2. The van der Waals surface area contributed by atoms with Crippen LogP contribution in [0.15, 0.2) is 59.5 Å². The lowest BCUT2D eigenvalue weighted by atomic mass is 10.1. The molecule has 25 heavy (non-hydrogen) atoms. The molecule has 0 N–H and O–H groups in total. The van der Waals surface area contributed by atoms with Crippen molar-refractivity contribution in [2.24, 2.45) is 0 Å². The highest BCUT2D eigenvalue weighted by molar-refractivity contribution is 8.27. The van der Waals surface area contributed by atoms with Crippen LogP contribution in [0.3, 0.4) is 0 Å². The third-order valence-corrected chi connectivity index (χ3v) is 5.41. The molecule has 0 aliphatic carbocycles. The average Bonchev–Trinajstić information content (AvgIpc) is 2.91. The zero-order chi connectivity index (χ0) is 17.8. The lowest BCUT2D eigenvalue weighted by Crippen LogP contribution is -2.27. The number of thioether (sulfide) groups is 1. The van der Waals surface area contributed by atoms with Gasteiger partial charge in [0.2, 0.25) is 0 Å². The number of carbonyl (C=O) groups excluding carboxylic acids is 1. The molecule has 0 saturated carbocycles. The minimum atomic E-state index is -0.0607. The number of amides is 1. The molecule has 5 heteroatoms. The summed E-state index contributed by atoms with van der Waals surface area (Å²) in [6.45, 7) is 6.19. The van der Waals surface area contributed by atoms with E-state index >= 15 is 0 Å². The maximum absolute atomic E-state index is 12.8. The van der Waals surface area contributed by atoms with Crippen molar-refractivity contribution < 1.29 is 4.79 Å². The molecule has 0 bridgehead atoms. The predicted octanol–water partition coefficient (Wildman–Crippen LogP) is 4.94. The Kier molecular flexibility index (Phi) is 5.56. The van der Waals surface area contributed by atoms with E-state index in [1.165, 1.54) is 11.8 Å². The Balaban J connectivity index is 1.89. The van der Waals surface area contributed by atoms with E-state index in [0.717, 1.165) is 30.0 Å². The Morgan fingerprint density at radius 1 is 1.08 bits per heavy atom. The second kappa shape index (κ2) is 7.85. The molecule has 1 saturated heterocycles. The summed E-state index contributed by atoms with van der Waals surface area (Å²) < 4.78 is 0.572. The zero-order valence-electron chi connectivity index (χ0n) is 14.3. The summed E-state index contributed by atoms with van der Waals surface area (Å²) >= 11 is 6.77. The molecule has 2 aromatic carbocycles. The van der Waals surface area contributed by atoms with E-state index in [0.29, 0.717) is 9.23 Å². The summed E-state index contributed by atoms with van der Waals surface area (Å²) in [5.41, 5.74) is 2.99. The van der Waals surface area contributed by atoms with Gasteiger partial charge in [0.05, 0.1) is 10.6 Å². The fraction of sp³-hybridized carbons (Fsp3) is 0.200. The number of rotatable bonds is 5. The summed E-state index contributed by atoms with van der Waals surface area (Å²) in [4.78, 5) is 17.3. The van der Waals surface area contributed by atoms with E-state index in [2.05, 4.69) is 30.9 Å². The number of hydrogen-bond acceptors (Lipinski definition) is 4. The standard InChI is InChI=1S/C20H20N2OS2/c1-3-21(4-2)17-12-8-9-15(13-17)14-18-19(23)22(20(24)25-18)16-10-6-5-7-11-16/h5-14H,3-4H2,1-2H3. The smallest absolute Gasteiger partial charge is 0.270 e. The van der Waals surface area contributed by atoms with Crippen molar-refractivity contribution in [3.63, 3.8) is 0 Å². The first-order valence-corrected chi connectivity index (χ1v) is 9.54. The van der Waals surface area contributed by atoms with Gasteiger partial charge in [-0.15, -0.1) is 0 Å². The Hall–Kier alpha value is -2.11. The number of nitrogens with zero attached hydrogens (tertiary/aromatic N) is 2. The van der Waals surface area contributed by atoms with Crippen molar-refractivity contribution in [2.75, 3.05) is 22.9 Å². The van der Waals surface area contributed by atoms with Crippen LogP contribution in [0.4, 0.5) is 11.4 Å². The summed E-state index contributed by atoms with van der Waals surface area (Å²) in [6.07, 6.45) is 1.93. The third kappa shape index (κ3) is 3.78. The molecule has 1 amide bonds. The van der Waals surface area contributed by atoms with Gasteiger partial charge in [-0.2, -0.15) is 0 Å². The van der Waals surface area contributed by atoms with E-state index < -0.39 is 0 Å². The molecule has 0 atom stereocenters. The van der Waals surface area contributed by atoms with Crippen LogP contribution in [0.1, 0.15) is 19.4 Å². The Labute approximate surface area is 158 Å². The SMILES string of the molecule is CCN(CC)c1cccc(C=C2SC(=S)N(c3ccccc3)C2=O)c1. The molecule has 1 aliphatic heterocycles. The van der Waals surface area contributed by atoms with Gasteiger partial charge in [0, 0.05) is 18.8 Å². The van der Waals surface area contributed by atoms with Crippen molar-refractivity contribution in [1.82, 2.24) is 0 Å². The molecule has 1 aliphatic rings. The van der Waals surface area contributed by atoms with E-state index in [9.17, 15) is 4.79 Å². The minimum Gasteiger partial charge on any atom is -0.372 e. The molecule has 0 spiro atoms. The maximum atomic E-state index is 12.8. The van der Waals surface area contributed by atoms with Crippen LogP contribution in [0.2, 0.25) is 0 Å². The molecule has 0 aromatic heterocycles. The van der Waals surface area contributed by atoms with Crippen molar-refractivity contribution in [2.45, 2.75) is 13.8 Å². The van der Waals surface area contributed by atoms with Gasteiger partial charge in [-0.3, -0.25) is 9.69 Å². The van der Waals surface area contributed by atoms with Crippen LogP contribution in [-0.2, 0) is 4.79 Å². The highest BCUT2D eigenvalue weighted by Crippen LogP contribution is 2.36. The van der Waals surface area contributed by atoms with Gasteiger partial charge in [-0.1, -0.05) is 54.3 Å². The van der Waals surface area contributed by atoms with Crippen molar-refractivity contribution in [3.05, 3.63) is 65.1 Å². The largest absolute Gasteiger partial charge is 0.372 e. The molecule has 3 rings (SSSR count). The monoisotopic (exact) mass is 368 g/mol. The Morgan fingerprint density at radius 3 is 2.48 bits per heavy atom. The molecular weight excluding hydrogens is 348 g/mol. The fourth-order valence-electron chi connectivity index (χ4n) is 2.82. The Bertz CT molecular complexity index is 813. The van der Waals surface area contributed by atoms with E-state index in [1.54, 1.807) is 4.90 Å². The molecule has 0 radical (unpaired) electrons. The lowest BCUT2D eigenvalue weighted by Gasteiger charge is -2.21. The first-order chi connectivity index (χ1) is 12.1. The molecule has 3 nitrogen and oxygen atoms in total. The van der Waals surface area contributed by atoms with Crippen LogP contribution in [0, 0.1) is 0 Å². The molecule has 0 unspecified atom stereocenters. The normalized spacial score (nSPS) is 15.9. The molecule has 1 fully saturated rings. The maximum Gasteiger partial charge on any atom is 0.270 e. The molecule has 2 aromatic rings. The first-order valence-electron chi connectivity index (χ1n) is 8.32. The van der Waals surface area contributed by atoms with Crippen LogP contribution < -0.4 is 9.80 Å². The van der Waals surface area contributed by atoms with Crippen molar-refractivity contribution >= 4 is 51.7 Å². The summed E-state index contributed by atoms with van der Waals surface area (Å²) in [6, 6.07) is 17.8. The quantitative estimate of drug-likeness (QED) is 0.551. The first kappa shape index (κ1) is 17.7. The van der Waals surface area contributed by atoms with Crippen LogP contribution >= 0.6 is 24.0 Å². The summed E-state index contributed by atoms with van der Waals surface area (Å²) in [7, 11) is 0. The topological polar surface area (TPSA) is 23.6 Å². The minimum absolute atomic E-state index is 0.0607. The van der Waals surface area contributed by atoms with Gasteiger partial charge >= 0.3 is 0 Å². The van der Waals surface area contributed by atoms with Gasteiger partial charge in [-0.25, -0.2) is 0 Å². The molecule has 128 valence electrons. The van der Waals surface area contributed by atoms with Crippen LogP contribution in [0.25, 0.3) is 6.08 Å². The van der Waals surface area contributed by atoms with Gasteiger partial charge in [0.15, 0.2) is 4.32 Å². The number of thiocarbonyl (C=S) groups is 1. The van der Waals surface area contributed by atoms with E-state index in [4.69, 9.17) is 12.2 Å². The van der Waals surface area contributed by atoms with Crippen molar-refractivity contribution in [3.8, 4) is 0 Å².